The van der Waals surface area contributed by atoms with Crippen LogP contribution >= 0.6 is 0 Å². The van der Waals surface area contributed by atoms with Gasteiger partial charge in [-0.1, -0.05) is 24.6 Å². The molecule has 2 aliphatic heterocycles. The normalized spacial score (nSPS) is 28.4. The molecule has 2 fully saturated rings. The van der Waals surface area contributed by atoms with E-state index in [1.165, 1.54) is 75.0 Å². The lowest BCUT2D eigenvalue weighted by Crippen LogP contribution is -2.38. The molecule has 0 spiro atoms. The minimum absolute atomic E-state index is 0.397. The molecular formula is C30H40N6. The van der Waals surface area contributed by atoms with Crippen LogP contribution in [-0.2, 0) is 0 Å². The third kappa shape index (κ3) is 5.01. The van der Waals surface area contributed by atoms with Gasteiger partial charge in [-0.15, -0.1) is 0 Å². The first-order valence-corrected chi connectivity index (χ1v) is 14.0. The lowest BCUT2D eigenvalue weighted by molar-refractivity contribution is 0.213. The fourth-order valence-corrected chi connectivity index (χ4v) is 6.49. The van der Waals surface area contributed by atoms with Gasteiger partial charge in [0.1, 0.15) is 5.82 Å². The Morgan fingerprint density at radius 3 is 2.75 bits per heavy atom. The largest absolute Gasteiger partial charge is 0.368 e. The summed E-state index contributed by atoms with van der Waals surface area (Å²) in [5.41, 5.74) is 5.26. The summed E-state index contributed by atoms with van der Waals surface area (Å²) in [4.78, 5) is 10.0. The van der Waals surface area contributed by atoms with Gasteiger partial charge < -0.3 is 10.2 Å². The number of pyridine rings is 1. The molecule has 0 amide bonds. The summed E-state index contributed by atoms with van der Waals surface area (Å²) in [6.45, 7) is 3.33. The van der Waals surface area contributed by atoms with E-state index in [0.29, 0.717) is 12.1 Å². The Morgan fingerprint density at radius 2 is 1.89 bits per heavy atom. The van der Waals surface area contributed by atoms with Crippen molar-refractivity contribution in [2.45, 2.75) is 69.9 Å². The molecule has 36 heavy (non-hydrogen) atoms. The number of piperidine rings is 1. The van der Waals surface area contributed by atoms with Crippen molar-refractivity contribution in [1.29, 1.82) is 0 Å². The van der Waals surface area contributed by atoms with Crippen LogP contribution in [-0.4, -0.2) is 64.4 Å². The van der Waals surface area contributed by atoms with E-state index in [1.807, 2.05) is 10.7 Å². The SMILES string of the molecule is CN1CC=NC2=C(CC3CCC(Nc4cccc5ccnn45)CC3)C/C=C/[C@@H](N3CCCCC3)C=C21. The molecule has 0 unspecified atom stereocenters. The first-order valence-electron chi connectivity index (χ1n) is 14.0. The first kappa shape index (κ1) is 23.5. The summed E-state index contributed by atoms with van der Waals surface area (Å²) >= 11 is 0. The number of nitrogens with one attached hydrogen (secondary N) is 1. The molecule has 6 heteroatoms. The van der Waals surface area contributed by atoms with E-state index in [9.17, 15) is 0 Å². The van der Waals surface area contributed by atoms with Crippen LogP contribution in [0.5, 0.6) is 0 Å². The average molecular weight is 485 g/mol. The highest BCUT2D eigenvalue weighted by Gasteiger charge is 2.27. The molecular weight excluding hydrogens is 444 g/mol. The van der Waals surface area contributed by atoms with Gasteiger partial charge in [-0.05, 0) is 100 Å². The highest BCUT2D eigenvalue weighted by atomic mass is 15.3. The van der Waals surface area contributed by atoms with Crippen LogP contribution in [0, 0.1) is 5.92 Å². The number of nitrogens with zero attached hydrogens (tertiary/aromatic N) is 5. The van der Waals surface area contributed by atoms with Gasteiger partial charge in [0, 0.05) is 25.3 Å². The van der Waals surface area contributed by atoms with Gasteiger partial charge >= 0.3 is 0 Å². The molecule has 0 bridgehead atoms. The molecule has 6 rings (SSSR count). The Morgan fingerprint density at radius 1 is 1.03 bits per heavy atom. The zero-order valence-corrected chi connectivity index (χ0v) is 21.6. The lowest BCUT2D eigenvalue weighted by Gasteiger charge is -2.35. The van der Waals surface area contributed by atoms with E-state index in [2.05, 4.69) is 76.0 Å². The van der Waals surface area contributed by atoms with Crippen molar-refractivity contribution in [1.82, 2.24) is 19.4 Å². The Bertz CT molecular complexity index is 1170. The molecule has 1 atom stereocenters. The number of aromatic nitrogens is 2. The highest BCUT2D eigenvalue weighted by Crippen LogP contribution is 2.36. The standard InChI is InChI=1S/C30H40N6/c1-34-20-17-31-30-24(7-5-9-27(22-28(30)34)35-18-3-2-4-19-35)21-23-11-13-25(14-12-23)33-29-10-6-8-26-15-16-32-36(26)29/h5-6,8-10,15-17,22-23,25,27,33H,2-4,7,11-14,18-21H2,1H3/b9-5+,28-22?,30-24?/t23?,25?,27-/m1/s1. The number of fused-ring (bicyclic) bond motifs is 2. The van der Waals surface area contributed by atoms with Crippen molar-refractivity contribution >= 4 is 17.5 Å². The van der Waals surface area contributed by atoms with Gasteiger partial charge in [0.15, 0.2) is 0 Å². The van der Waals surface area contributed by atoms with E-state index in [0.717, 1.165) is 36.6 Å². The fourth-order valence-electron chi connectivity index (χ4n) is 6.49. The van der Waals surface area contributed by atoms with Crippen LogP contribution in [0.3, 0.4) is 0 Å². The summed E-state index contributed by atoms with van der Waals surface area (Å²) in [6, 6.07) is 9.34. The molecule has 1 saturated heterocycles. The third-order valence-corrected chi connectivity index (χ3v) is 8.56. The molecule has 0 radical (unpaired) electrons. The molecule has 6 nitrogen and oxygen atoms in total. The lowest BCUT2D eigenvalue weighted by atomic mass is 9.80. The molecule has 0 aromatic carbocycles. The molecule has 4 heterocycles. The maximum atomic E-state index is 4.99. The number of hydrogen-bond donors (Lipinski definition) is 1. The number of allylic oxidation sites excluding steroid dienone is 2. The van der Waals surface area contributed by atoms with Crippen molar-refractivity contribution in [2.75, 3.05) is 32.0 Å². The summed E-state index contributed by atoms with van der Waals surface area (Å²) < 4.78 is 2.02. The second-order valence-electron chi connectivity index (χ2n) is 11.1. The number of likely N-dealkylation sites (tertiary alicyclic amines) is 1. The van der Waals surface area contributed by atoms with Gasteiger partial charge in [-0.3, -0.25) is 9.89 Å². The maximum Gasteiger partial charge on any atom is 0.128 e. The number of anilines is 1. The molecule has 1 saturated carbocycles. The fraction of sp³-hybridized carbons (Fsp3) is 0.533. The monoisotopic (exact) mass is 484 g/mol. The van der Waals surface area contributed by atoms with Gasteiger partial charge in [0.25, 0.3) is 0 Å². The van der Waals surface area contributed by atoms with E-state index >= 15 is 0 Å². The average Bonchev–Trinajstić information content (AvgIpc) is 3.39. The number of hydrogen-bond acceptors (Lipinski definition) is 5. The number of aliphatic imine (C=N–C) groups is 1. The van der Waals surface area contributed by atoms with Crippen molar-refractivity contribution in [3.05, 3.63) is 65.7 Å². The topological polar surface area (TPSA) is 48.2 Å². The van der Waals surface area contributed by atoms with Gasteiger partial charge in [-0.25, -0.2) is 4.52 Å². The van der Waals surface area contributed by atoms with Gasteiger partial charge in [-0.2, -0.15) is 5.10 Å². The van der Waals surface area contributed by atoms with Crippen molar-refractivity contribution < 1.29 is 0 Å². The molecule has 190 valence electrons. The number of likely N-dealkylation sites (N-methyl/N-ethyl adjacent to an activating group) is 1. The molecule has 2 aromatic heterocycles. The third-order valence-electron chi connectivity index (χ3n) is 8.56. The first-order chi connectivity index (χ1) is 17.7. The predicted molar refractivity (Wildman–Crippen MR) is 148 cm³/mol. The molecule has 2 aliphatic carbocycles. The highest BCUT2D eigenvalue weighted by molar-refractivity contribution is 5.66. The van der Waals surface area contributed by atoms with Crippen LogP contribution in [0.25, 0.3) is 5.52 Å². The van der Waals surface area contributed by atoms with Gasteiger partial charge in [0.2, 0.25) is 0 Å². The number of rotatable bonds is 5. The molecule has 2 aromatic rings. The smallest absolute Gasteiger partial charge is 0.128 e. The Balaban J connectivity index is 1.14. The zero-order valence-electron chi connectivity index (χ0n) is 21.6. The maximum absolute atomic E-state index is 4.99. The van der Waals surface area contributed by atoms with Crippen LogP contribution in [0.4, 0.5) is 5.82 Å². The molecule has 1 N–H and O–H groups in total. The summed E-state index contributed by atoms with van der Waals surface area (Å²) in [5.74, 6) is 1.84. The Hall–Kier alpha value is -2.86. The quantitative estimate of drug-likeness (QED) is 0.556. The summed E-state index contributed by atoms with van der Waals surface area (Å²) in [7, 11) is 2.23. The van der Waals surface area contributed by atoms with Crippen LogP contribution < -0.4 is 5.32 Å². The van der Waals surface area contributed by atoms with Crippen LogP contribution in [0.2, 0.25) is 0 Å². The van der Waals surface area contributed by atoms with E-state index in [-0.39, 0.29) is 0 Å². The van der Waals surface area contributed by atoms with Crippen molar-refractivity contribution in [2.24, 2.45) is 10.9 Å². The predicted octanol–water partition coefficient (Wildman–Crippen LogP) is 5.66. The van der Waals surface area contributed by atoms with Crippen LogP contribution in [0.15, 0.2) is 70.6 Å². The zero-order chi connectivity index (χ0) is 24.3. The second-order valence-corrected chi connectivity index (χ2v) is 11.1. The van der Waals surface area contributed by atoms with Crippen molar-refractivity contribution in [3.8, 4) is 0 Å². The van der Waals surface area contributed by atoms with Gasteiger partial charge in [0.05, 0.1) is 29.7 Å². The molecule has 4 aliphatic rings. The van der Waals surface area contributed by atoms with E-state index < -0.39 is 0 Å². The summed E-state index contributed by atoms with van der Waals surface area (Å²) in [6.07, 6.45) is 22.5. The minimum Gasteiger partial charge on any atom is -0.368 e. The second kappa shape index (κ2) is 10.6. The summed E-state index contributed by atoms with van der Waals surface area (Å²) in [5, 5.41) is 8.26. The Kier molecular flexibility index (Phi) is 6.95. The minimum atomic E-state index is 0.397. The van der Waals surface area contributed by atoms with E-state index in [1.54, 1.807) is 0 Å². The van der Waals surface area contributed by atoms with Crippen molar-refractivity contribution in [3.63, 3.8) is 0 Å². The Labute approximate surface area is 215 Å². The van der Waals surface area contributed by atoms with Crippen LogP contribution in [0.1, 0.15) is 57.8 Å². The van der Waals surface area contributed by atoms with E-state index in [4.69, 9.17) is 4.99 Å².